The molecule has 0 fully saturated rings. The fourth-order valence-electron chi connectivity index (χ4n) is 1.69. The van der Waals surface area contributed by atoms with Gasteiger partial charge in [0, 0.05) is 12.4 Å². The SMILES string of the molecule is COc1ccccc1C(=O)C(O)c1ccncc1.Cl. The van der Waals surface area contributed by atoms with Crippen molar-refractivity contribution >= 4 is 18.2 Å². The molecule has 0 spiro atoms. The van der Waals surface area contributed by atoms with Crippen LogP contribution in [0.5, 0.6) is 5.75 Å². The number of hydrogen-bond acceptors (Lipinski definition) is 4. The zero-order valence-electron chi connectivity index (χ0n) is 10.3. The van der Waals surface area contributed by atoms with Gasteiger partial charge in [-0.1, -0.05) is 12.1 Å². The van der Waals surface area contributed by atoms with Crippen molar-refractivity contribution in [1.29, 1.82) is 0 Å². The second-order valence-corrected chi connectivity index (χ2v) is 3.75. The molecule has 4 nitrogen and oxygen atoms in total. The first-order chi connectivity index (χ1) is 8.74. The molecule has 1 unspecified atom stereocenters. The van der Waals surface area contributed by atoms with Crippen LogP contribution < -0.4 is 4.74 Å². The van der Waals surface area contributed by atoms with Gasteiger partial charge >= 0.3 is 0 Å². The van der Waals surface area contributed by atoms with Gasteiger partial charge in [-0.05, 0) is 29.8 Å². The summed E-state index contributed by atoms with van der Waals surface area (Å²) in [6.45, 7) is 0. The van der Waals surface area contributed by atoms with Gasteiger partial charge < -0.3 is 9.84 Å². The molecule has 5 heteroatoms. The van der Waals surface area contributed by atoms with Crippen molar-refractivity contribution in [3.05, 3.63) is 59.9 Å². The molecule has 0 saturated heterocycles. The molecule has 0 amide bonds. The molecule has 1 atom stereocenters. The van der Waals surface area contributed by atoms with Crippen molar-refractivity contribution in [3.8, 4) is 5.75 Å². The second kappa shape index (κ2) is 6.87. The molecule has 0 aliphatic rings. The average Bonchev–Trinajstić information content (AvgIpc) is 2.46. The number of halogens is 1. The summed E-state index contributed by atoms with van der Waals surface area (Å²) < 4.78 is 5.11. The number of para-hydroxylation sites is 1. The van der Waals surface area contributed by atoms with E-state index >= 15 is 0 Å². The number of ketones is 1. The van der Waals surface area contributed by atoms with E-state index in [0.717, 1.165) is 0 Å². The summed E-state index contributed by atoms with van der Waals surface area (Å²) in [4.78, 5) is 16.0. The van der Waals surface area contributed by atoms with E-state index in [-0.39, 0.29) is 12.4 Å². The summed E-state index contributed by atoms with van der Waals surface area (Å²) in [6.07, 6.45) is 1.87. The maximum Gasteiger partial charge on any atom is 0.199 e. The van der Waals surface area contributed by atoms with E-state index < -0.39 is 11.9 Å². The Labute approximate surface area is 117 Å². The molecule has 0 saturated carbocycles. The lowest BCUT2D eigenvalue weighted by molar-refractivity contribution is 0.0744. The number of ether oxygens (including phenoxy) is 1. The van der Waals surface area contributed by atoms with Gasteiger partial charge in [0.1, 0.15) is 11.9 Å². The molecule has 1 aromatic heterocycles. The number of nitrogens with zero attached hydrogens (tertiary/aromatic N) is 1. The third-order valence-corrected chi connectivity index (χ3v) is 2.64. The number of Topliss-reactive ketones (excluding diaryl/α,β-unsaturated/α-hetero) is 1. The summed E-state index contributed by atoms with van der Waals surface area (Å²) in [7, 11) is 1.49. The van der Waals surface area contributed by atoms with Crippen LogP contribution >= 0.6 is 12.4 Å². The molecule has 0 radical (unpaired) electrons. The van der Waals surface area contributed by atoms with Gasteiger partial charge in [0.15, 0.2) is 5.78 Å². The van der Waals surface area contributed by atoms with E-state index in [1.807, 2.05) is 0 Å². The zero-order chi connectivity index (χ0) is 13.0. The van der Waals surface area contributed by atoms with Crippen LogP contribution in [0.25, 0.3) is 0 Å². The lowest BCUT2D eigenvalue weighted by Gasteiger charge is -2.12. The van der Waals surface area contributed by atoms with Gasteiger partial charge in [-0.15, -0.1) is 12.4 Å². The van der Waals surface area contributed by atoms with Crippen LogP contribution in [0.1, 0.15) is 22.0 Å². The molecule has 1 heterocycles. The monoisotopic (exact) mass is 279 g/mol. The van der Waals surface area contributed by atoms with Crippen LogP contribution in [-0.4, -0.2) is 23.0 Å². The summed E-state index contributed by atoms with van der Waals surface area (Å²) in [5, 5.41) is 10.0. The first kappa shape index (κ1) is 15.1. The van der Waals surface area contributed by atoms with Gasteiger partial charge in [0.2, 0.25) is 0 Å². The van der Waals surface area contributed by atoms with Crippen molar-refractivity contribution in [2.45, 2.75) is 6.10 Å². The van der Waals surface area contributed by atoms with Gasteiger partial charge in [0.05, 0.1) is 12.7 Å². The average molecular weight is 280 g/mol. The minimum absolute atomic E-state index is 0. The summed E-state index contributed by atoms with van der Waals surface area (Å²) in [5.74, 6) is 0.0641. The van der Waals surface area contributed by atoms with Crippen molar-refractivity contribution < 1.29 is 14.6 Å². The highest BCUT2D eigenvalue weighted by Gasteiger charge is 2.21. The first-order valence-corrected chi connectivity index (χ1v) is 5.49. The number of carbonyl (C=O) groups is 1. The molecule has 19 heavy (non-hydrogen) atoms. The lowest BCUT2D eigenvalue weighted by atomic mass is 10.0. The Morgan fingerprint density at radius 2 is 1.84 bits per heavy atom. The molecule has 2 aromatic rings. The minimum Gasteiger partial charge on any atom is -0.496 e. The number of aliphatic hydroxyl groups excluding tert-OH is 1. The van der Waals surface area contributed by atoms with E-state index in [1.54, 1.807) is 36.4 Å². The third-order valence-electron chi connectivity index (χ3n) is 2.64. The summed E-state index contributed by atoms with van der Waals surface area (Å²) in [5.41, 5.74) is 0.880. The van der Waals surface area contributed by atoms with Gasteiger partial charge in [-0.2, -0.15) is 0 Å². The molecule has 1 aromatic carbocycles. The molecule has 100 valence electrons. The number of methoxy groups -OCH3 is 1. The Bertz CT molecular complexity index is 545. The number of rotatable bonds is 4. The predicted octanol–water partition coefficient (Wildman–Crippen LogP) is 2.43. The zero-order valence-corrected chi connectivity index (χ0v) is 11.1. The first-order valence-electron chi connectivity index (χ1n) is 5.49. The number of aliphatic hydroxyl groups is 1. The van der Waals surface area contributed by atoms with E-state index in [0.29, 0.717) is 16.9 Å². The number of benzene rings is 1. The van der Waals surface area contributed by atoms with Crippen LogP contribution in [-0.2, 0) is 0 Å². The van der Waals surface area contributed by atoms with Crippen molar-refractivity contribution in [2.75, 3.05) is 7.11 Å². The van der Waals surface area contributed by atoms with Crippen molar-refractivity contribution in [1.82, 2.24) is 4.98 Å². The summed E-state index contributed by atoms with van der Waals surface area (Å²) >= 11 is 0. The Hall–Kier alpha value is -1.91. The normalized spacial score (nSPS) is 11.3. The van der Waals surface area contributed by atoms with E-state index in [4.69, 9.17) is 4.74 Å². The van der Waals surface area contributed by atoms with Crippen LogP contribution in [0.3, 0.4) is 0 Å². The van der Waals surface area contributed by atoms with Gasteiger partial charge in [-0.3, -0.25) is 9.78 Å². The maximum absolute atomic E-state index is 12.2. The molecule has 0 aliphatic heterocycles. The highest BCUT2D eigenvalue weighted by Crippen LogP contribution is 2.24. The van der Waals surface area contributed by atoms with Gasteiger partial charge in [-0.25, -0.2) is 0 Å². The highest BCUT2D eigenvalue weighted by molar-refractivity contribution is 6.02. The molecular weight excluding hydrogens is 266 g/mol. The minimum atomic E-state index is -1.20. The van der Waals surface area contributed by atoms with E-state index in [1.165, 1.54) is 19.5 Å². The molecule has 0 bridgehead atoms. The number of aromatic nitrogens is 1. The number of hydrogen-bond donors (Lipinski definition) is 1. The Kier molecular flexibility index (Phi) is 5.48. The molecule has 2 rings (SSSR count). The molecule has 1 N–H and O–H groups in total. The van der Waals surface area contributed by atoms with Crippen molar-refractivity contribution in [2.24, 2.45) is 0 Å². The fraction of sp³-hybridized carbons (Fsp3) is 0.143. The van der Waals surface area contributed by atoms with E-state index in [2.05, 4.69) is 4.98 Å². The Balaban J connectivity index is 0.00000180. The quantitative estimate of drug-likeness (QED) is 0.873. The fourth-order valence-corrected chi connectivity index (χ4v) is 1.69. The molecular formula is C14H14ClNO3. The Morgan fingerprint density at radius 3 is 2.47 bits per heavy atom. The van der Waals surface area contributed by atoms with Crippen LogP contribution in [0.4, 0.5) is 0 Å². The van der Waals surface area contributed by atoms with Crippen LogP contribution in [0, 0.1) is 0 Å². The smallest absolute Gasteiger partial charge is 0.199 e. The lowest BCUT2D eigenvalue weighted by Crippen LogP contribution is -2.13. The van der Waals surface area contributed by atoms with Crippen molar-refractivity contribution in [3.63, 3.8) is 0 Å². The Morgan fingerprint density at radius 1 is 1.21 bits per heavy atom. The second-order valence-electron chi connectivity index (χ2n) is 3.75. The summed E-state index contributed by atoms with van der Waals surface area (Å²) in [6, 6.07) is 10.0. The van der Waals surface area contributed by atoms with Crippen LogP contribution in [0.2, 0.25) is 0 Å². The van der Waals surface area contributed by atoms with E-state index in [9.17, 15) is 9.90 Å². The number of carbonyl (C=O) groups excluding carboxylic acids is 1. The number of pyridine rings is 1. The molecule has 0 aliphatic carbocycles. The highest BCUT2D eigenvalue weighted by atomic mass is 35.5. The maximum atomic E-state index is 12.2. The van der Waals surface area contributed by atoms with Gasteiger partial charge in [0.25, 0.3) is 0 Å². The topological polar surface area (TPSA) is 59.4 Å². The third kappa shape index (κ3) is 3.30. The van der Waals surface area contributed by atoms with Crippen LogP contribution in [0.15, 0.2) is 48.8 Å². The standard InChI is InChI=1S/C14H13NO3.ClH/c1-18-12-5-3-2-4-11(12)14(17)13(16)10-6-8-15-9-7-10;/h2-9,13,16H,1H3;1H. The largest absolute Gasteiger partial charge is 0.496 e. The predicted molar refractivity (Wildman–Crippen MR) is 73.8 cm³/mol.